The van der Waals surface area contributed by atoms with Crippen molar-refractivity contribution < 1.29 is 19.1 Å². The lowest BCUT2D eigenvalue weighted by atomic mass is 10.1. The lowest BCUT2D eigenvalue weighted by Crippen LogP contribution is -2.25. The van der Waals surface area contributed by atoms with Gasteiger partial charge in [0.1, 0.15) is 22.5 Å². The summed E-state index contributed by atoms with van der Waals surface area (Å²) in [4.78, 5) is 32.4. The molecule has 1 unspecified atom stereocenters. The number of carbonyl (C=O) groups excluding carboxylic acids is 2. The minimum atomic E-state index is -0.568. The van der Waals surface area contributed by atoms with Crippen LogP contribution in [0, 0.1) is 5.41 Å². The van der Waals surface area contributed by atoms with Crippen molar-refractivity contribution in [1.82, 2.24) is 9.88 Å². The molecule has 3 heterocycles. The zero-order valence-electron chi connectivity index (χ0n) is 19.7. The third-order valence-corrected chi connectivity index (χ3v) is 7.56. The Bertz CT molecular complexity index is 1350. The fourth-order valence-electron chi connectivity index (χ4n) is 3.65. The SMILES string of the molecule is CCC1CN(Cc2csc(C(=O)Nc3c(OC)cc(Cl)cc3C(=O)Nc3ccc(Cl)cn3)c2Cl)C(=N)O1. The minimum Gasteiger partial charge on any atom is -0.494 e. The molecule has 1 saturated heterocycles. The fraction of sp³-hybridized carbons (Fsp3) is 0.250. The van der Waals surface area contributed by atoms with Crippen LogP contribution in [0.15, 0.2) is 35.8 Å². The summed E-state index contributed by atoms with van der Waals surface area (Å²) in [5, 5.41) is 16.1. The highest BCUT2D eigenvalue weighted by Gasteiger charge is 2.29. The third-order valence-electron chi connectivity index (χ3n) is 5.55. The van der Waals surface area contributed by atoms with Crippen LogP contribution < -0.4 is 15.4 Å². The molecule has 0 bridgehead atoms. The number of halogens is 3. The van der Waals surface area contributed by atoms with Gasteiger partial charge in [-0.15, -0.1) is 11.3 Å². The molecule has 0 saturated carbocycles. The second-order valence-corrected chi connectivity index (χ2v) is 10.2. The topological polar surface area (TPSA) is 117 Å². The number of nitrogens with one attached hydrogen (secondary N) is 3. The largest absolute Gasteiger partial charge is 0.494 e. The molecule has 37 heavy (non-hydrogen) atoms. The molecule has 1 aliphatic heterocycles. The van der Waals surface area contributed by atoms with E-state index in [9.17, 15) is 9.59 Å². The van der Waals surface area contributed by atoms with E-state index in [0.717, 1.165) is 17.8 Å². The van der Waals surface area contributed by atoms with Gasteiger partial charge in [0, 0.05) is 29.4 Å². The van der Waals surface area contributed by atoms with Crippen molar-refractivity contribution in [2.24, 2.45) is 0 Å². The standard InChI is InChI=1S/C24H22Cl3N5O4S/c1-3-15-10-32(24(28)36-15)9-12-11-37-21(19(12)27)23(34)31-20-16(6-14(26)7-17(20)35-2)22(33)30-18-5-4-13(25)8-29-18/h4-8,11,15,28H,3,9-10H2,1-2H3,(H,31,34)(H,29,30,33). The Balaban J connectivity index is 1.57. The zero-order valence-corrected chi connectivity index (χ0v) is 22.8. The molecule has 2 aromatic heterocycles. The molecular weight excluding hydrogens is 561 g/mol. The summed E-state index contributed by atoms with van der Waals surface area (Å²) in [5.41, 5.74) is 0.877. The average Bonchev–Trinajstić information content (AvgIpc) is 3.42. The van der Waals surface area contributed by atoms with E-state index in [1.165, 1.54) is 25.4 Å². The van der Waals surface area contributed by atoms with E-state index in [2.05, 4.69) is 15.6 Å². The zero-order chi connectivity index (χ0) is 26.7. The molecule has 0 aliphatic carbocycles. The van der Waals surface area contributed by atoms with Gasteiger partial charge in [0.25, 0.3) is 17.8 Å². The van der Waals surface area contributed by atoms with Gasteiger partial charge in [-0.3, -0.25) is 15.0 Å². The van der Waals surface area contributed by atoms with Crippen LogP contribution in [0.5, 0.6) is 5.75 Å². The molecule has 1 aromatic carbocycles. The van der Waals surface area contributed by atoms with E-state index in [1.807, 2.05) is 6.92 Å². The van der Waals surface area contributed by atoms with Gasteiger partial charge in [-0.25, -0.2) is 4.98 Å². The number of aromatic nitrogens is 1. The third kappa shape index (κ3) is 6.10. The molecule has 2 amide bonds. The molecule has 194 valence electrons. The highest BCUT2D eigenvalue weighted by Crippen LogP contribution is 2.36. The summed E-state index contributed by atoms with van der Waals surface area (Å²) in [6.45, 7) is 2.91. The van der Waals surface area contributed by atoms with E-state index in [1.54, 1.807) is 22.4 Å². The molecule has 1 aliphatic rings. The number of anilines is 2. The summed E-state index contributed by atoms with van der Waals surface area (Å²) in [5.74, 6) is -0.642. The van der Waals surface area contributed by atoms with Crippen LogP contribution in [0.3, 0.4) is 0 Å². The first-order valence-corrected chi connectivity index (χ1v) is 13.1. The first kappa shape index (κ1) is 27.0. The van der Waals surface area contributed by atoms with Crippen molar-refractivity contribution >= 4 is 75.5 Å². The summed E-state index contributed by atoms with van der Waals surface area (Å²) in [6.07, 6.45) is 2.14. The fourth-order valence-corrected chi connectivity index (χ4v) is 5.21. The van der Waals surface area contributed by atoms with E-state index in [0.29, 0.717) is 23.7 Å². The molecule has 4 rings (SSSR count). The molecule has 13 heteroatoms. The van der Waals surface area contributed by atoms with Gasteiger partial charge in [-0.2, -0.15) is 0 Å². The molecule has 0 radical (unpaired) electrons. The first-order chi connectivity index (χ1) is 17.7. The normalized spacial score (nSPS) is 14.9. The summed E-state index contributed by atoms with van der Waals surface area (Å²) < 4.78 is 10.9. The number of rotatable bonds is 8. The number of pyridine rings is 1. The van der Waals surface area contributed by atoms with Gasteiger partial charge < -0.3 is 25.0 Å². The maximum Gasteiger partial charge on any atom is 0.285 e. The van der Waals surface area contributed by atoms with Crippen LogP contribution in [0.2, 0.25) is 15.1 Å². The molecule has 0 spiro atoms. The van der Waals surface area contributed by atoms with Gasteiger partial charge in [-0.1, -0.05) is 41.7 Å². The number of amidine groups is 1. The second-order valence-electron chi connectivity index (χ2n) is 8.04. The Hall–Kier alpha value is -3.05. The van der Waals surface area contributed by atoms with Crippen molar-refractivity contribution in [3.63, 3.8) is 0 Å². The van der Waals surface area contributed by atoms with Gasteiger partial charge in [0.15, 0.2) is 0 Å². The lowest BCUT2D eigenvalue weighted by molar-refractivity contribution is 0.102. The molecule has 1 fully saturated rings. The van der Waals surface area contributed by atoms with Crippen LogP contribution in [0.1, 0.15) is 38.9 Å². The van der Waals surface area contributed by atoms with Crippen LogP contribution in [-0.4, -0.2) is 47.5 Å². The maximum atomic E-state index is 13.3. The number of hydrogen-bond acceptors (Lipinski definition) is 7. The molecule has 3 N–H and O–H groups in total. The van der Waals surface area contributed by atoms with E-state index >= 15 is 0 Å². The second kappa shape index (κ2) is 11.6. The number of benzene rings is 1. The molecule has 3 aromatic rings. The van der Waals surface area contributed by atoms with Gasteiger partial charge in [0.05, 0.1) is 35.0 Å². The number of nitrogens with zero attached hydrogens (tertiary/aromatic N) is 2. The quantitative estimate of drug-likeness (QED) is 0.293. The monoisotopic (exact) mass is 581 g/mol. The Kier molecular flexibility index (Phi) is 8.43. The highest BCUT2D eigenvalue weighted by molar-refractivity contribution is 7.13. The summed E-state index contributed by atoms with van der Waals surface area (Å²) in [7, 11) is 1.40. The van der Waals surface area contributed by atoms with E-state index < -0.39 is 11.8 Å². The minimum absolute atomic E-state index is 0.0438. The van der Waals surface area contributed by atoms with Gasteiger partial charge in [0.2, 0.25) is 0 Å². The van der Waals surface area contributed by atoms with Crippen molar-refractivity contribution in [2.75, 3.05) is 24.3 Å². The van der Waals surface area contributed by atoms with E-state index in [4.69, 9.17) is 49.7 Å². The Labute approximate surface area is 232 Å². The van der Waals surface area contributed by atoms with Crippen molar-refractivity contribution in [3.8, 4) is 5.75 Å². The van der Waals surface area contributed by atoms with Crippen LogP contribution in [-0.2, 0) is 11.3 Å². The molecular formula is C24H22Cl3N5O4S. The van der Waals surface area contributed by atoms with E-state index in [-0.39, 0.29) is 49.9 Å². The smallest absolute Gasteiger partial charge is 0.285 e. The first-order valence-electron chi connectivity index (χ1n) is 11.1. The number of carbonyl (C=O) groups is 2. The summed E-state index contributed by atoms with van der Waals surface area (Å²) in [6, 6.07) is 6.10. The Morgan fingerprint density at radius 1 is 1.22 bits per heavy atom. The predicted octanol–water partition coefficient (Wildman–Crippen LogP) is 6.16. The number of methoxy groups -OCH3 is 1. The number of hydrogen-bond donors (Lipinski definition) is 3. The van der Waals surface area contributed by atoms with Gasteiger partial charge >= 0.3 is 0 Å². The number of ether oxygens (including phenoxy) is 2. The summed E-state index contributed by atoms with van der Waals surface area (Å²) >= 11 is 19.8. The lowest BCUT2D eigenvalue weighted by Gasteiger charge is -2.16. The maximum absolute atomic E-state index is 13.3. The van der Waals surface area contributed by atoms with Crippen molar-refractivity contribution in [3.05, 3.63) is 66.9 Å². The van der Waals surface area contributed by atoms with Gasteiger partial charge in [-0.05, 0) is 30.0 Å². The van der Waals surface area contributed by atoms with Crippen molar-refractivity contribution in [2.45, 2.75) is 26.0 Å². The average molecular weight is 583 g/mol. The molecule has 1 atom stereocenters. The Morgan fingerprint density at radius 2 is 2.00 bits per heavy atom. The Morgan fingerprint density at radius 3 is 2.65 bits per heavy atom. The predicted molar refractivity (Wildman–Crippen MR) is 146 cm³/mol. The highest BCUT2D eigenvalue weighted by atomic mass is 35.5. The number of thiophene rings is 1. The number of amides is 2. The molecule has 9 nitrogen and oxygen atoms in total. The van der Waals surface area contributed by atoms with Crippen LogP contribution in [0.25, 0.3) is 0 Å². The van der Waals surface area contributed by atoms with Crippen molar-refractivity contribution in [1.29, 1.82) is 5.41 Å². The van der Waals surface area contributed by atoms with Crippen LogP contribution in [0.4, 0.5) is 11.5 Å². The van der Waals surface area contributed by atoms with Crippen LogP contribution >= 0.6 is 46.1 Å².